The van der Waals surface area contributed by atoms with E-state index in [9.17, 15) is 44.4 Å². The summed E-state index contributed by atoms with van der Waals surface area (Å²) in [5, 5.41) is 45.4. The number of H-pyrrole nitrogens is 1. The number of aromatic amines is 1. The number of carboxylic acids is 2. The first-order valence-electron chi connectivity index (χ1n) is 12.5. The molecule has 4 atom stereocenters. The number of hydrogen-bond acceptors (Lipinski definition) is 8. The van der Waals surface area contributed by atoms with Crippen LogP contribution in [0, 0.1) is 0 Å². The molecule has 10 N–H and O–H groups in total. The summed E-state index contributed by atoms with van der Waals surface area (Å²) in [6, 6.07) is 7.04. The highest BCUT2D eigenvalue weighted by Gasteiger charge is 2.31. The number of phenolic OH excluding ortho intramolecular Hbond substituents is 1. The lowest BCUT2D eigenvalue weighted by Gasteiger charge is -2.23. The molecule has 0 saturated carbocycles. The van der Waals surface area contributed by atoms with Crippen LogP contribution in [0.4, 0.5) is 0 Å². The highest BCUT2D eigenvalue weighted by Crippen LogP contribution is 2.19. The number of aromatic hydroxyl groups is 1. The fourth-order valence-electron chi connectivity index (χ4n) is 4.10. The van der Waals surface area contributed by atoms with Gasteiger partial charge in [0, 0.05) is 23.5 Å². The highest BCUT2D eigenvalue weighted by molar-refractivity contribution is 5.96. The summed E-state index contributed by atoms with van der Waals surface area (Å²) in [7, 11) is 0. The molecule has 1 heterocycles. The molecule has 0 aliphatic heterocycles. The van der Waals surface area contributed by atoms with Crippen molar-refractivity contribution in [1.82, 2.24) is 20.9 Å². The van der Waals surface area contributed by atoms with Crippen LogP contribution >= 0.6 is 0 Å². The number of phenols is 1. The number of benzene rings is 2. The van der Waals surface area contributed by atoms with Gasteiger partial charge in [-0.15, -0.1) is 0 Å². The van der Waals surface area contributed by atoms with Crippen molar-refractivity contribution in [3.63, 3.8) is 0 Å². The summed E-state index contributed by atoms with van der Waals surface area (Å²) in [5.74, 6) is -5.89. The molecule has 0 spiro atoms. The Bertz CT molecular complexity index is 1410. The van der Waals surface area contributed by atoms with Gasteiger partial charge in [0.15, 0.2) is 0 Å². The molecular formula is C27H31N5O9. The van der Waals surface area contributed by atoms with Crippen LogP contribution < -0.4 is 21.7 Å². The van der Waals surface area contributed by atoms with Crippen molar-refractivity contribution in [2.45, 2.75) is 43.4 Å². The number of amides is 3. The fourth-order valence-corrected chi connectivity index (χ4v) is 4.10. The number of nitrogens with two attached hydrogens (primary N) is 1. The van der Waals surface area contributed by atoms with Crippen molar-refractivity contribution >= 4 is 40.6 Å². The molecule has 14 heteroatoms. The summed E-state index contributed by atoms with van der Waals surface area (Å²) in [6.45, 7) is -0.891. The van der Waals surface area contributed by atoms with Gasteiger partial charge in [-0.3, -0.25) is 19.2 Å². The second-order valence-electron chi connectivity index (χ2n) is 9.34. The lowest BCUT2D eigenvalue weighted by molar-refractivity contribution is -0.143. The van der Waals surface area contributed by atoms with Gasteiger partial charge in [0.2, 0.25) is 17.7 Å². The van der Waals surface area contributed by atoms with E-state index in [0.717, 1.165) is 16.5 Å². The molecule has 218 valence electrons. The number of aliphatic hydroxyl groups excluding tert-OH is 1. The molecule has 3 aromatic rings. The molecule has 0 fully saturated rings. The highest BCUT2D eigenvalue weighted by atomic mass is 16.4. The minimum Gasteiger partial charge on any atom is -0.508 e. The minimum atomic E-state index is -1.73. The Balaban J connectivity index is 1.64. The summed E-state index contributed by atoms with van der Waals surface area (Å²) in [4.78, 5) is 64.5. The average Bonchev–Trinajstić information content (AvgIpc) is 3.34. The predicted molar refractivity (Wildman–Crippen MR) is 145 cm³/mol. The van der Waals surface area contributed by atoms with E-state index in [1.54, 1.807) is 6.20 Å². The van der Waals surface area contributed by atoms with Crippen molar-refractivity contribution in [3.05, 3.63) is 65.9 Å². The first-order chi connectivity index (χ1) is 19.5. The van der Waals surface area contributed by atoms with E-state index in [2.05, 4.69) is 20.9 Å². The number of aliphatic hydroxyl groups is 1. The maximum atomic E-state index is 12.8. The standard InChI is InChI=1S/C27H31N5O9/c28-18(10-15-12-29-19-4-2-1-3-17(15)19)24(37)32-22(13-33)26(39)30-20(11-23(35)36)25(38)31-21(27(40)41)9-14-5-7-16(34)8-6-14/h1-8,12,18,20-22,29,33-34H,9-11,13,28H2,(H,30,39)(H,31,38)(H,32,37)(H,35,36)(H,40,41). The molecule has 3 amide bonds. The third-order valence-electron chi connectivity index (χ3n) is 6.27. The molecule has 4 unspecified atom stereocenters. The number of para-hydroxylation sites is 1. The number of fused-ring (bicyclic) bond motifs is 1. The molecule has 1 aromatic heterocycles. The number of carboxylic acid groups (broad SMARTS) is 2. The van der Waals surface area contributed by atoms with Gasteiger partial charge in [-0.25, -0.2) is 4.79 Å². The summed E-state index contributed by atoms with van der Waals surface area (Å²) < 4.78 is 0. The largest absolute Gasteiger partial charge is 0.508 e. The van der Waals surface area contributed by atoms with Gasteiger partial charge >= 0.3 is 11.9 Å². The molecule has 3 rings (SSSR count). The zero-order valence-electron chi connectivity index (χ0n) is 21.7. The average molecular weight is 570 g/mol. The van der Waals surface area contributed by atoms with Crippen LogP contribution in [0.2, 0.25) is 0 Å². The zero-order chi connectivity index (χ0) is 30.1. The minimum absolute atomic E-state index is 0.0432. The van der Waals surface area contributed by atoms with Crippen molar-refractivity contribution in [2.24, 2.45) is 5.73 Å². The quantitative estimate of drug-likeness (QED) is 0.114. The van der Waals surface area contributed by atoms with E-state index < -0.39 is 66.9 Å². The Morgan fingerprint density at radius 1 is 0.805 bits per heavy atom. The van der Waals surface area contributed by atoms with Crippen LogP contribution in [0.5, 0.6) is 5.75 Å². The molecule has 14 nitrogen and oxygen atoms in total. The topological polar surface area (TPSA) is 244 Å². The Morgan fingerprint density at radius 3 is 2.05 bits per heavy atom. The van der Waals surface area contributed by atoms with Crippen molar-refractivity contribution in [1.29, 1.82) is 0 Å². The lowest BCUT2D eigenvalue weighted by atomic mass is 10.0. The van der Waals surface area contributed by atoms with Crippen LogP contribution in [0.3, 0.4) is 0 Å². The molecular weight excluding hydrogens is 538 g/mol. The number of aliphatic carboxylic acids is 2. The number of aromatic nitrogens is 1. The molecule has 41 heavy (non-hydrogen) atoms. The molecule has 0 radical (unpaired) electrons. The Hall–Kier alpha value is -4.95. The van der Waals surface area contributed by atoms with Crippen LogP contribution in [-0.2, 0) is 36.8 Å². The first-order valence-corrected chi connectivity index (χ1v) is 12.5. The smallest absolute Gasteiger partial charge is 0.326 e. The van der Waals surface area contributed by atoms with Gasteiger partial charge in [-0.2, -0.15) is 0 Å². The predicted octanol–water partition coefficient (Wildman–Crippen LogP) is -1.01. The van der Waals surface area contributed by atoms with E-state index in [0.29, 0.717) is 5.56 Å². The first kappa shape index (κ1) is 30.6. The number of rotatable bonds is 14. The summed E-state index contributed by atoms with van der Waals surface area (Å²) >= 11 is 0. The normalized spacial score (nSPS) is 13.9. The Labute approximate surface area is 233 Å². The van der Waals surface area contributed by atoms with Crippen LogP contribution in [0.15, 0.2) is 54.7 Å². The van der Waals surface area contributed by atoms with Gasteiger partial charge in [0.25, 0.3) is 0 Å². The lowest BCUT2D eigenvalue weighted by Crippen LogP contribution is -2.58. The maximum Gasteiger partial charge on any atom is 0.326 e. The molecule has 0 saturated heterocycles. The van der Waals surface area contributed by atoms with Crippen LogP contribution in [0.25, 0.3) is 10.9 Å². The Kier molecular flexibility index (Phi) is 10.4. The molecule has 0 aliphatic carbocycles. The third kappa shape index (κ3) is 8.52. The summed E-state index contributed by atoms with van der Waals surface area (Å²) in [5.41, 5.74) is 8.08. The number of carbonyl (C=O) groups is 5. The fraction of sp³-hybridized carbons (Fsp3) is 0.296. The zero-order valence-corrected chi connectivity index (χ0v) is 21.7. The van der Waals surface area contributed by atoms with Crippen molar-refractivity contribution < 1.29 is 44.4 Å². The van der Waals surface area contributed by atoms with E-state index in [-0.39, 0.29) is 18.6 Å². The molecule has 0 bridgehead atoms. The van der Waals surface area contributed by atoms with E-state index in [1.165, 1.54) is 24.3 Å². The van der Waals surface area contributed by atoms with Gasteiger partial charge in [0.05, 0.1) is 19.1 Å². The second-order valence-corrected chi connectivity index (χ2v) is 9.34. The Morgan fingerprint density at radius 2 is 1.41 bits per heavy atom. The monoisotopic (exact) mass is 569 g/mol. The van der Waals surface area contributed by atoms with Crippen molar-refractivity contribution in [2.75, 3.05) is 6.61 Å². The van der Waals surface area contributed by atoms with Crippen molar-refractivity contribution in [3.8, 4) is 5.75 Å². The van der Waals surface area contributed by atoms with E-state index >= 15 is 0 Å². The van der Waals surface area contributed by atoms with Crippen LogP contribution in [0.1, 0.15) is 17.5 Å². The second kappa shape index (κ2) is 13.9. The maximum absolute atomic E-state index is 12.8. The SMILES string of the molecule is NC(Cc1c[nH]c2ccccc12)C(=O)NC(CO)C(=O)NC(CC(=O)O)C(=O)NC(Cc1ccc(O)cc1)C(=O)O. The van der Waals surface area contributed by atoms with Crippen LogP contribution in [-0.4, -0.2) is 85.8 Å². The number of nitrogens with one attached hydrogen (secondary N) is 4. The van der Waals surface area contributed by atoms with Gasteiger partial charge in [-0.1, -0.05) is 30.3 Å². The van der Waals surface area contributed by atoms with E-state index in [1.807, 2.05) is 24.3 Å². The van der Waals surface area contributed by atoms with Gasteiger partial charge in [0.1, 0.15) is 23.9 Å². The molecule has 0 aliphatic rings. The number of carbonyl (C=O) groups excluding carboxylic acids is 3. The van der Waals surface area contributed by atoms with Gasteiger partial charge < -0.3 is 47.1 Å². The summed E-state index contributed by atoms with van der Waals surface area (Å²) in [6.07, 6.45) is 0.709. The molecule has 2 aromatic carbocycles. The van der Waals surface area contributed by atoms with E-state index in [4.69, 9.17) is 5.73 Å². The third-order valence-corrected chi connectivity index (χ3v) is 6.27. The van der Waals surface area contributed by atoms with Gasteiger partial charge in [-0.05, 0) is 35.7 Å². The number of hydrogen-bond donors (Lipinski definition) is 9.